The molecule has 1 aromatic rings. The van der Waals surface area contributed by atoms with Gasteiger partial charge in [0.1, 0.15) is 0 Å². The molecule has 0 spiro atoms. The molecule has 0 saturated heterocycles. The highest BCUT2D eigenvalue weighted by Gasteiger charge is 2.46. The van der Waals surface area contributed by atoms with Crippen LogP contribution in [0.1, 0.15) is 49.3 Å². The lowest BCUT2D eigenvalue weighted by Gasteiger charge is -2.36. The normalized spacial score (nSPS) is 27.1. The molecule has 2 aliphatic carbocycles. The van der Waals surface area contributed by atoms with E-state index in [2.05, 4.69) is 11.1 Å². The lowest BCUT2D eigenvalue weighted by Crippen LogP contribution is -2.44. The maximum atomic E-state index is 10.8. The second kappa shape index (κ2) is 4.63. The summed E-state index contributed by atoms with van der Waals surface area (Å²) in [6, 6.07) is 4.11. The van der Waals surface area contributed by atoms with E-state index in [0.717, 1.165) is 44.2 Å². The van der Waals surface area contributed by atoms with E-state index >= 15 is 0 Å². The lowest BCUT2D eigenvalue weighted by atomic mass is 9.84. The van der Waals surface area contributed by atoms with E-state index in [9.17, 15) is 5.11 Å². The van der Waals surface area contributed by atoms with E-state index in [1.54, 1.807) is 7.11 Å². The lowest BCUT2D eigenvalue weighted by molar-refractivity contribution is -0.108. The molecule has 0 amide bonds. The first-order chi connectivity index (χ1) is 8.77. The van der Waals surface area contributed by atoms with Crippen molar-refractivity contribution >= 4 is 0 Å². The Kier molecular flexibility index (Phi) is 3.12. The molecule has 0 aliphatic heterocycles. The second-order valence-corrected chi connectivity index (χ2v) is 5.61. The van der Waals surface area contributed by atoms with Crippen LogP contribution >= 0.6 is 0 Å². The Morgan fingerprint density at radius 1 is 1.44 bits per heavy atom. The highest BCUT2D eigenvalue weighted by atomic mass is 16.5. The van der Waals surface area contributed by atoms with Gasteiger partial charge in [-0.2, -0.15) is 0 Å². The minimum atomic E-state index is -0.416. The fourth-order valence-electron chi connectivity index (χ4n) is 3.71. The van der Waals surface area contributed by atoms with Gasteiger partial charge >= 0.3 is 0 Å². The van der Waals surface area contributed by atoms with Crippen LogP contribution in [0.25, 0.3) is 0 Å². The Morgan fingerprint density at radius 3 is 2.94 bits per heavy atom. The third kappa shape index (κ3) is 1.77. The summed E-state index contributed by atoms with van der Waals surface area (Å²) in [4.78, 5) is 4.48. The SMILES string of the molecule is COC1(C(O)C2CCc3cccnc32)CCCC1. The van der Waals surface area contributed by atoms with Gasteiger partial charge in [-0.3, -0.25) is 4.98 Å². The van der Waals surface area contributed by atoms with E-state index in [0.29, 0.717) is 0 Å². The number of aliphatic hydroxyl groups excluding tert-OH is 1. The van der Waals surface area contributed by atoms with Crippen LogP contribution in [0.15, 0.2) is 18.3 Å². The molecule has 1 aromatic heterocycles. The van der Waals surface area contributed by atoms with E-state index < -0.39 is 6.10 Å². The van der Waals surface area contributed by atoms with Gasteiger partial charge in [-0.1, -0.05) is 18.9 Å². The number of hydrogen-bond donors (Lipinski definition) is 1. The fraction of sp³-hybridized carbons (Fsp3) is 0.667. The summed E-state index contributed by atoms with van der Waals surface area (Å²) < 4.78 is 5.71. The molecule has 2 atom stereocenters. The minimum absolute atomic E-state index is 0.152. The summed E-state index contributed by atoms with van der Waals surface area (Å²) in [5.41, 5.74) is 2.06. The Hall–Kier alpha value is -0.930. The van der Waals surface area contributed by atoms with Crippen LogP contribution in [0.5, 0.6) is 0 Å². The molecule has 1 saturated carbocycles. The van der Waals surface area contributed by atoms with Crippen molar-refractivity contribution in [3.8, 4) is 0 Å². The Labute approximate surface area is 108 Å². The number of rotatable bonds is 3. The van der Waals surface area contributed by atoms with Crippen LogP contribution in [0.2, 0.25) is 0 Å². The van der Waals surface area contributed by atoms with E-state index in [4.69, 9.17) is 4.74 Å². The molecule has 0 bridgehead atoms. The number of ether oxygens (including phenoxy) is 1. The first-order valence-corrected chi connectivity index (χ1v) is 6.94. The summed E-state index contributed by atoms with van der Waals surface area (Å²) in [5, 5.41) is 10.8. The summed E-state index contributed by atoms with van der Waals surface area (Å²) in [6.07, 6.45) is 7.72. The number of methoxy groups -OCH3 is 1. The van der Waals surface area contributed by atoms with E-state index in [1.807, 2.05) is 12.3 Å². The molecule has 2 aliphatic rings. The van der Waals surface area contributed by atoms with Gasteiger partial charge in [-0.25, -0.2) is 0 Å². The predicted octanol–water partition coefficient (Wildman–Crippen LogP) is 2.43. The maximum absolute atomic E-state index is 10.8. The molecular weight excluding hydrogens is 226 g/mol. The number of pyridine rings is 1. The molecule has 3 nitrogen and oxygen atoms in total. The largest absolute Gasteiger partial charge is 0.389 e. The summed E-state index contributed by atoms with van der Waals surface area (Å²) in [5.74, 6) is 0.152. The van der Waals surface area contributed by atoms with Crippen molar-refractivity contribution in [2.45, 2.75) is 56.1 Å². The van der Waals surface area contributed by atoms with Gasteiger partial charge in [0.05, 0.1) is 11.7 Å². The van der Waals surface area contributed by atoms with Crippen molar-refractivity contribution < 1.29 is 9.84 Å². The van der Waals surface area contributed by atoms with Crippen LogP contribution in [0.4, 0.5) is 0 Å². The monoisotopic (exact) mass is 247 g/mol. The molecule has 1 fully saturated rings. The van der Waals surface area contributed by atoms with Gasteiger partial charge in [0.25, 0.3) is 0 Å². The van der Waals surface area contributed by atoms with Crippen LogP contribution in [0.3, 0.4) is 0 Å². The highest BCUT2D eigenvalue weighted by Crippen LogP contribution is 2.44. The maximum Gasteiger partial charge on any atom is 0.0943 e. The van der Waals surface area contributed by atoms with Gasteiger partial charge in [-0.05, 0) is 37.3 Å². The predicted molar refractivity (Wildman–Crippen MR) is 69.5 cm³/mol. The summed E-state index contributed by atoms with van der Waals surface area (Å²) in [6.45, 7) is 0. The molecular formula is C15H21NO2. The minimum Gasteiger partial charge on any atom is -0.389 e. The number of aryl methyl sites for hydroxylation is 1. The molecule has 3 heteroatoms. The van der Waals surface area contributed by atoms with Crippen molar-refractivity contribution in [1.29, 1.82) is 0 Å². The molecule has 1 N–H and O–H groups in total. The quantitative estimate of drug-likeness (QED) is 0.892. The number of aliphatic hydroxyl groups is 1. The van der Waals surface area contributed by atoms with Crippen molar-refractivity contribution in [2.75, 3.05) is 7.11 Å². The molecule has 2 unspecified atom stereocenters. The van der Waals surface area contributed by atoms with Gasteiger partial charge in [0.15, 0.2) is 0 Å². The van der Waals surface area contributed by atoms with Gasteiger partial charge in [0, 0.05) is 24.9 Å². The number of fused-ring (bicyclic) bond motifs is 1. The van der Waals surface area contributed by atoms with Crippen LogP contribution in [0, 0.1) is 0 Å². The average molecular weight is 247 g/mol. The van der Waals surface area contributed by atoms with Gasteiger partial charge in [0.2, 0.25) is 0 Å². The molecule has 0 aromatic carbocycles. The molecule has 0 radical (unpaired) electrons. The van der Waals surface area contributed by atoms with Crippen molar-refractivity contribution in [1.82, 2.24) is 4.98 Å². The Morgan fingerprint density at radius 2 is 2.22 bits per heavy atom. The third-order valence-electron chi connectivity index (χ3n) is 4.78. The van der Waals surface area contributed by atoms with Gasteiger partial charge in [-0.15, -0.1) is 0 Å². The first-order valence-electron chi connectivity index (χ1n) is 6.94. The average Bonchev–Trinajstić information content (AvgIpc) is 3.05. The van der Waals surface area contributed by atoms with Crippen LogP contribution in [-0.4, -0.2) is 28.9 Å². The van der Waals surface area contributed by atoms with Crippen LogP contribution in [-0.2, 0) is 11.2 Å². The highest BCUT2D eigenvalue weighted by molar-refractivity contribution is 5.30. The Bertz CT molecular complexity index is 426. The van der Waals surface area contributed by atoms with E-state index in [1.165, 1.54) is 5.56 Å². The smallest absolute Gasteiger partial charge is 0.0943 e. The first kappa shape index (κ1) is 12.1. The topological polar surface area (TPSA) is 42.4 Å². The number of hydrogen-bond acceptors (Lipinski definition) is 3. The summed E-state index contributed by atoms with van der Waals surface area (Å²) >= 11 is 0. The van der Waals surface area contributed by atoms with Gasteiger partial charge < -0.3 is 9.84 Å². The second-order valence-electron chi connectivity index (χ2n) is 5.61. The van der Waals surface area contributed by atoms with Crippen molar-refractivity contribution in [3.05, 3.63) is 29.6 Å². The van der Waals surface area contributed by atoms with Crippen LogP contribution < -0.4 is 0 Å². The molecule has 18 heavy (non-hydrogen) atoms. The van der Waals surface area contributed by atoms with E-state index in [-0.39, 0.29) is 11.5 Å². The molecule has 98 valence electrons. The van der Waals surface area contributed by atoms with Crippen molar-refractivity contribution in [3.63, 3.8) is 0 Å². The zero-order valence-corrected chi connectivity index (χ0v) is 10.9. The zero-order valence-electron chi connectivity index (χ0n) is 10.9. The Balaban J connectivity index is 1.88. The zero-order chi connectivity index (χ0) is 12.6. The number of nitrogens with zero attached hydrogens (tertiary/aromatic N) is 1. The summed E-state index contributed by atoms with van der Waals surface area (Å²) in [7, 11) is 1.74. The van der Waals surface area contributed by atoms with Crippen molar-refractivity contribution in [2.24, 2.45) is 0 Å². The molecule has 3 rings (SSSR count). The fourth-order valence-corrected chi connectivity index (χ4v) is 3.71. The number of aromatic nitrogens is 1. The standard InChI is InChI=1S/C15H21NO2/c1-18-15(8-2-3-9-15)14(17)12-7-6-11-5-4-10-16-13(11)12/h4-5,10,12,14,17H,2-3,6-9H2,1H3. The molecule has 1 heterocycles. The third-order valence-corrected chi connectivity index (χ3v) is 4.78.